The van der Waals surface area contributed by atoms with Gasteiger partial charge in [0.05, 0.1) is 7.11 Å². The maximum atomic E-state index is 12.6. The first-order chi connectivity index (χ1) is 15.7. The van der Waals surface area contributed by atoms with Crippen molar-refractivity contribution in [3.63, 3.8) is 0 Å². The third-order valence-corrected chi connectivity index (χ3v) is 5.73. The maximum absolute atomic E-state index is 12.6. The highest BCUT2D eigenvalue weighted by Crippen LogP contribution is 2.27. The van der Waals surface area contributed by atoms with E-state index < -0.39 is 0 Å². The number of carbonyl (C=O) groups excluding carboxylic acids is 1. The van der Waals surface area contributed by atoms with E-state index in [1.165, 1.54) is 5.56 Å². The number of rotatable bonds is 9. The van der Waals surface area contributed by atoms with Crippen LogP contribution in [0.1, 0.15) is 34.7 Å². The number of furan rings is 1. The molecular weight excluding hydrogens is 404 g/mol. The van der Waals surface area contributed by atoms with Gasteiger partial charge in [-0.1, -0.05) is 42.5 Å². The fourth-order valence-corrected chi connectivity index (χ4v) is 4.09. The Balaban J connectivity index is 1.24. The van der Waals surface area contributed by atoms with Crippen molar-refractivity contribution in [3.8, 4) is 11.5 Å². The van der Waals surface area contributed by atoms with E-state index >= 15 is 0 Å². The summed E-state index contributed by atoms with van der Waals surface area (Å²) in [6, 6.07) is 21.4. The molecule has 3 aromatic rings. The van der Waals surface area contributed by atoms with Crippen LogP contribution in [0.25, 0.3) is 0 Å². The van der Waals surface area contributed by atoms with Gasteiger partial charge in [0.1, 0.15) is 12.4 Å². The molecule has 1 saturated heterocycles. The van der Waals surface area contributed by atoms with E-state index in [1.54, 1.807) is 19.2 Å². The van der Waals surface area contributed by atoms with Crippen molar-refractivity contribution in [2.45, 2.75) is 26.0 Å². The summed E-state index contributed by atoms with van der Waals surface area (Å²) in [5.41, 5.74) is 1.33. The lowest BCUT2D eigenvalue weighted by molar-refractivity contribution is 0.0899. The number of hydrogen-bond donors (Lipinski definition) is 1. The molecule has 1 amide bonds. The van der Waals surface area contributed by atoms with E-state index in [0.29, 0.717) is 35.5 Å². The van der Waals surface area contributed by atoms with Gasteiger partial charge in [-0.25, -0.2) is 0 Å². The molecule has 1 aliphatic rings. The lowest BCUT2D eigenvalue weighted by Crippen LogP contribution is -2.40. The quantitative estimate of drug-likeness (QED) is 0.537. The molecule has 32 heavy (non-hydrogen) atoms. The Hall–Kier alpha value is -3.25. The summed E-state index contributed by atoms with van der Waals surface area (Å²) in [6.45, 7) is 3.93. The number of benzene rings is 2. The number of para-hydroxylation sites is 2. The molecule has 0 aliphatic carbocycles. The summed E-state index contributed by atoms with van der Waals surface area (Å²) in [5.74, 6) is 2.45. The van der Waals surface area contributed by atoms with Gasteiger partial charge in [0.2, 0.25) is 0 Å². The molecule has 0 radical (unpaired) electrons. The van der Waals surface area contributed by atoms with Crippen LogP contribution in [0.4, 0.5) is 0 Å². The fourth-order valence-electron chi connectivity index (χ4n) is 4.09. The van der Waals surface area contributed by atoms with Crippen LogP contribution in [0.5, 0.6) is 11.5 Å². The normalized spacial score (nSPS) is 16.5. The van der Waals surface area contributed by atoms with Crippen LogP contribution in [0.15, 0.2) is 71.1 Å². The number of methoxy groups -OCH3 is 1. The molecule has 1 aliphatic heterocycles. The Kier molecular flexibility index (Phi) is 7.46. The summed E-state index contributed by atoms with van der Waals surface area (Å²) in [5, 5.41) is 3.04. The monoisotopic (exact) mass is 434 g/mol. The van der Waals surface area contributed by atoms with Crippen molar-refractivity contribution in [1.29, 1.82) is 0 Å². The Morgan fingerprint density at radius 1 is 1.06 bits per heavy atom. The van der Waals surface area contributed by atoms with Gasteiger partial charge in [-0.15, -0.1) is 0 Å². The zero-order chi connectivity index (χ0) is 22.2. The van der Waals surface area contributed by atoms with Crippen molar-refractivity contribution < 1.29 is 18.7 Å². The van der Waals surface area contributed by atoms with Gasteiger partial charge in [-0.2, -0.15) is 0 Å². The first kappa shape index (κ1) is 22.0. The molecule has 6 nitrogen and oxygen atoms in total. The summed E-state index contributed by atoms with van der Waals surface area (Å²) in [7, 11) is 1.60. The average Bonchev–Trinajstić information content (AvgIpc) is 3.31. The van der Waals surface area contributed by atoms with Crippen molar-refractivity contribution in [1.82, 2.24) is 10.2 Å². The zero-order valence-corrected chi connectivity index (χ0v) is 18.5. The highest BCUT2D eigenvalue weighted by atomic mass is 16.5. The van der Waals surface area contributed by atoms with E-state index in [9.17, 15) is 4.79 Å². The topological polar surface area (TPSA) is 63.9 Å². The standard InChI is InChI=1S/C26H30N2O4/c1-30-23-11-5-6-12-24(23)31-19-22-13-14-25(32-22)26(29)27-16-21-10-7-15-28(18-21)17-20-8-3-2-4-9-20/h2-6,8-9,11-14,21H,7,10,15-19H2,1H3,(H,27,29). The highest BCUT2D eigenvalue weighted by molar-refractivity contribution is 5.91. The molecule has 4 rings (SSSR count). The third kappa shape index (κ3) is 5.92. The number of piperidine rings is 1. The smallest absolute Gasteiger partial charge is 0.287 e. The first-order valence-electron chi connectivity index (χ1n) is 11.1. The van der Waals surface area contributed by atoms with E-state index in [-0.39, 0.29) is 12.5 Å². The molecule has 6 heteroatoms. The number of nitrogens with one attached hydrogen (secondary N) is 1. The van der Waals surface area contributed by atoms with Gasteiger partial charge in [0.25, 0.3) is 5.91 Å². The van der Waals surface area contributed by atoms with Crippen LogP contribution in [0.3, 0.4) is 0 Å². The minimum atomic E-state index is -0.186. The van der Waals surface area contributed by atoms with Crippen LogP contribution < -0.4 is 14.8 Å². The summed E-state index contributed by atoms with van der Waals surface area (Å²) < 4.78 is 16.7. The predicted octanol–water partition coefficient (Wildman–Crippen LogP) is 4.51. The number of nitrogens with zero attached hydrogens (tertiary/aromatic N) is 1. The lowest BCUT2D eigenvalue weighted by Gasteiger charge is -2.32. The van der Waals surface area contributed by atoms with E-state index in [1.807, 2.05) is 30.3 Å². The Morgan fingerprint density at radius 2 is 1.84 bits per heavy atom. The van der Waals surface area contributed by atoms with Crippen LogP contribution in [0.2, 0.25) is 0 Å². The summed E-state index contributed by atoms with van der Waals surface area (Å²) in [6.07, 6.45) is 2.28. The summed E-state index contributed by atoms with van der Waals surface area (Å²) >= 11 is 0. The second-order valence-electron chi connectivity index (χ2n) is 8.14. The molecule has 1 N–H and O–H groups in total. The van der Waals surface area contributed by atoms with E-state index in [0.717, 1.165) is 32.5 Å². The highest BCUT2D eigenvalue weighted by Gasteiger charge is 2.21. The molecule has 0 spiro atoms. The van der Waals surface area contributed by atoms with Crippen molar-refractivity contribution in [3.05, 3.63) is 83.8 Å². The van der Waals surface area contributed by atoms with Crippen LogP contribution in [-0.2, 0) is 13.2 Å². The van der Waals surface area contributed by atoms with Crippen molar-refractivity contribution >= 4 is 5.91 Å². The maximum Gasteiger partial charge on any atom is 0.287 e. The van der Waals surface area contributed by atoms with Crippen LogP contribution >= 0.6 is 0 Å². The number of ether oxygens (including phenoxy) is 2. The average molecular weight is 435 g/mol. The van der Waals surface area contributed by atoms with E-state index in [2.05, 4.69) is 34.5 Å². The molecule has 1 aromatic heterocycles. The van der Waals surface area contributed by atoms with Gasteiger partial charge < -0.3 is 19.2 Å². The third-order valence-electron chi connectivity index (χ3n) is 5.73. The Morgan fingerprint density at radius 3 is 2.66 bits per heavy atom. The molecule has 1 unspecified atom stereocenters. The van der Waals surface area contributed by atoms with Gasteiger partial charge >= 0.3 is 0 Å². The van der Waals surface area contributed by atoms with Crippen molar-refractivity contribution in [2.24, 2.45) is 5.92 Å². The van der Waals surface area contributed by atoms with Crippen molar-refractivity contribution in [2.75, 3.05) is 26.7 Å². The number of amides is 1. The van der Waals surface area contributed by atoms with Gasteiger partial charge in [0.15, 0.2) is 17.3 Å². The molecule has 0 saturated carbocycles. The number of carbonyl (C=O) groups is 1. The number of likely N-dealkylation sites (tertiary alicyclic amines) is 1. The van der Waals surface area contributed by atoms with Crippen LogP contribution in [0, 0.1) is 5.92 Å². The lowest BCUT2D eigenvalue weighted by atomic mass is 9.97. The second-order valence-corrected chi connectivity index (χ2v) is 8.14. The number of hydrogen-bond acceptors (Lipinski definition) is 5. The van der Waals surface area contributed by atoms with E-state index in [4.69, 9.17) is 13.9 Å². The Bertz CT molecular complexity index is 1000. The minimum absolute atomic E-state index is 0.186. The van der Waals surface area contributed by atoms with Gasteiger partial charge in [-0.05, 0) is 55.1 Å². The molecule has 1 fully saturated rings. The second kappa shape index (κ2) is 10.9. The van der Waals surface area contributed by atoms with Gasteiger partial charge in [0, 0.05) is 19.6 Å². The zero-order valence-electron chi connectivity index (χ0n) is 18.5. The molecule has 1 atom stereocenters. The molecule has 2 aromatic carbocycles. The Labute approximate surface area is 189 Å². The first-order valence-corrected chi connectivity index (χ1v) is 11.1. The predicted molar refractivity (Wildman–Crippen MR) is 123 cm³/mol. The van der Waals surface area contributed by atoms with Gasteiger partial charge in [-0.3, -0.25) is 9.69 Å². The molecular formula is C26H30N2O4. The summed E-state index contributed by atoms with van der Waals surface area (Å²) in [4.78, 5) is 15.0. The minimum Gasteiger partial charge on any atom is -0.493 e. The largest absolute Gasteiger partial charge is 0.493 e. The van der Waals surface area contributed by atoms with Crippen LogP contribution in [-0.4, -0.2) is 37.6 Å². The molecule has 0 bridgehead atoms. The SMILES string of the molecule is COc1ccccc1OCc1ccc(C(=O)NCC2CCCN(Cc3ccccc3)C2)o1. The molecule has 2 heterocycles. The molecule has 168 valence electrons. The fraction of sp³-hybridized carbons (Fsp3) is 0.346.